The van der Waals surface area contributed by atoms with Gasteiger partial charge in [0.15, 0.2) is 0 Å². The van der Waals surface area contributed by atoms with Gasteiger partial charge >= 0.3 is 0 Å². The number of rotatable bonds is 0. The molecule has 0 aliphatic carbocycles. The van der Waals surface area contributed by atoms with Crippen LogP contribution in [0.3, 0.4) is 0 Å². The van der Waals surface area contributed by atoms with E-state index in [0.29, 0.717) is 6.04 Å². The largest absolute Gasteiger partial charge is 0.391 e. The van der Waals surface area contributed by atoms with Gasteiger partial charge in [0.2, 0.25) is 0 Å². The van der Waals surface area contributed by atoms with Crippen molar-refractivity contribution in [2.24, 2.45) is 0 Å². The fourth-order valence-corrected chi connectivity index (χ4v) is 2.48. The molecule has 0 bridgehead atoms. The second-order valence-electron chi connectivity index (χ2n) is 4.09. The molecule has 74 valence electrons. The first-order valence-corrected chi connectivity index (χ1v) is 5.12. The third-order valence-electron chi connectivity index (χ3n) is 3.13. The maximum atomic E-state index is 9.62. The quantitative estimate of drug-likeness (QED) is 0.642. The molecule has 2 aliphatic heterocycles. The Hall–Kier alpha value is -1.22. The Morgan fingerprint density at radius 3 is 3.14 bits per heavy atom. The van der Waals surface area contributed by atoms with Gasteiger partial charge < -0.3 is 15.3 Å². The number of anilines is 2. The molecule has 0 radical (unpaired) electrons. The number of nitrogens with one attached hydrogen (secondary N) is 1. The Labute approximate surface area is 83.3 Å². The summed E-state index contributed by atoms with van der Waals surface area (Å²) in [7, 11) is 0. The van der Waals surface area contributed by atoms with Gasteiger partial charge in [-0.15, -0.1) is 0 Å². The minimum absolute atomic E-state index is 0.159. The van der Waals surface area contributed by atoms with Crippen molar-refractivity contribution < 1.29 is 5.11 Å². The van der Waals surface area contributed by atoms with Gasteiger partial charge in [0.1, 0.15) is 0 Å². The normalized spacial score (nSPS) is 29.4. The van der Waals surface area contributed by atoms with Crippen molar-refractivity contribution in [3.63, 3.8) is 0 Å². The van der Waals surface area contributed by atoms with Crippen LogP contribution >= 0.6 is 0 Å². The molecule has 0 amide bonds. The summed E-state index contributed by atoms with van der Waals surface area (Å²) in [6.45, 7) is 1.73. The number of nitrogens with zero attached hydrogens (tertiary/aromatic N) is 1. The van der Waals surface area contributed by atoms with Gasteiger partial charge in [-0.2, -0.15) is 0 Å². The molecule has 0 aromatic heterocycles. The van der Waals surface area contributed by atoms with E-state index in [2.05, 4.69) is 22.3 Å². The number of aliphatic hydroxyl groups is 1. The minimum atomic E-state index is -0.159. The van der Waals surface area contributed by atoms with E-state index in [1.165, 1.54) is 11.4 Å². The van der Waals surface area contributed by atoms with E-state index < -0.39 is 0 Å². The second-order valence-corrected chi connectivity index (χ2v) is 4.09. The lowest BCUT2D eigenvalue weighted by atomic mass is 10.1. The highest BCUT2D eigenvalue weighted by Crippen LogP contribution is 2.35. The van der Waals surface area contributed by atoms with Crippen LogP contribution in [0.2, 0.25) is 0 Å². The molecule has 1 fully saturated rings. The van der Waals surface area contributed by atoms with Gasteiger partial charge in [0.05, 0.1) is 17.5 Å². The van der Waals surface area contributed by atoms with Crippen LogP contribution in [0, 0.1) is 0 Å². The van der Waals surface area contributed by atoms with Crippen molar-refractivity contribution in [3.8, 4) is 0 Å². The molecule has 1 aromatic rings. The molecule has 1 saturated heterocycles. The van der Waals surface area contributed by atoms with Crippen LogP contribution in [-0.2, 0) is 0 Å². The molecule has 3 nitrogen and oxygen atoms in total. The van der Waals surface area contributed by atoms with E-state index in [9.17, 15) is 5.11 Å². The number of aliphatic hydroxyl groups excluding tert-OH is 1. The molecular weight excluding hydrogens is 176 g/mol. The van der Waals surface area contributed by atoms with Crippen molar-refractivity contribution in [3.05, 3.63) is 24.3 Å². The van der Waals surface area contributed by atoms with Crippen LogP contribution in [0.25, 0.3) is 0 Å². The van der Waals surface area contributed by atoms with E-state index in [0.717, 1.165) is 19.5 Å². The molecule has 2 N–H and O–H groups in total. The van der Waals surface area contributed by atoms with Gasteiger partial charge in [0.25, 0.3) is 0 Å². The monoisotopic (exact) mass is 190 g/mol. The molecule has 0 unspecified atom stereocenters. The number of hydrogen-bond donors (Lipinski definition) is 2. The van der Waals surface area contributed by atoms with Gasteiger partial charge in [-0.25, -0.2) is 0 Å². The highest BCUT2D eigenvalue weighted by Gasteiger charge is 2.34. The third-order valence-corrected chi connectivity index (χ3v) is 3.13. The lowest BCUT2D eigenvalue weighted by Gasteiger charge is -2.34. The average Bonchev–Trinajstić information content (AvgIpc) is 2.59. The maximum Gasteiger partial charge on any atom is 0.0735 e. The topological polar surface area (TPSA) is 35.5 Å². The summed E-state index contributed by atoms with van der Waals surface area (Å²) >= 11 is 0. The minimum Gasteiger partial charge on any atom is -0.391 e. The van der Waals surface area contributed by atoms with Gasteiger partial charge in [-0.3, -0.25) is 0 Å². The third kappa shape index (κ3) is 1.09. The van der Waals surface area contributed by atoms with Crippen LogP contribution < -0.4 is 10.2 Å². The summed E-state index contributed by atoms with van der Waals surface area (Å²) in [6.07, 6.45) is 0.731. The Kier molecular flexibility index (Phi) is 1.67. The Morgan fingerprint density at radius 2 is 2.21 bits per heavy atom. The zero-order valence-electron chi connectivity index (χ0n) is 7.98. The molecule has 3 rings (SSSR count). The SMILES string of the molecule is O[C@@H]1C[C@H]2CNc3ccccc3N2C1. The van der Waals surface area contributed by atoms with Crippen molar-refractivity contribution in [2.45, 2.75) is 18.6 Å². The molecule has 14 heavy (non-hydrogen) atoms. The summed E-state index contributed by atoms with van der Waals surface area (Å²) in [6, 6.07) is 8.77. The lowest BCUT2D eigenvalue weighted by molar-refractivity contribution is 0.195. The zero-order chi connectivity index (χ0) is 9.54. The standard InChI is InChI=1S/C11H14N2O/c14-9-5-8-6-12-10-3-1-2-4-11(10)13(8)7-9/h1-4,8-9,12,14H,5-7H2/t8-,9+/m0/s1. The molecule has 2 aliphatic rings. The molecule has 0 spiro atoms. The summed E-state index contributed by atoms with van der Waals surface area (Å²) in [4.78, 5) is 2.32. The molecule has 2 heterocycles. The van der Waals surface area contributed by atoms with Crippen molar-refractivity contribution >= 4 is 11.4 Å². The number of fused-ring (bicyclic) bond motifs is 3. The van der Waals surface area contributed by atoms with Gasteiger partial charge in [-0.1, -0.05) is 12.1 Å². The number of para-hydroxylation sites is 2. The van der Waals surface area contributed by atoms with E-state index in [1.807, 2.05) is 12.1 Å². The van der Waals surface area contributed by atoms with Crippen LogP contribution in [-0.4, -0.2) is 30.3 Å². The van der Waals surface area contributed by atoms with Crippen molar-refractivity contribution in [1.29, 1.82) is 0 Å². The van der Waals surface area contributed by atoms with E-state index >= 15 is 0 Å². The van der Waals surface area contributed by atoms with Crippen LogP contribution in [0.1, 0.15) is 6.42 Å². The predicted octanol–water partition coefficient (Wildman–Crippen LogP) is 1.05. The first-order chi connectivity index (χ1) is 6.84. The number of hydrogen-bond acceptors (Lipinski definition) is 3. The van der Waals surface area contributed by atoms with Crippen LogP contribution in [0.4, 0.5) is 11.4 Å². The van der Waals surface area contributed by atoms with E-state index in [1.54, 1.807) is 0 Å². The van der Waals surface area contributed by atoms with Gasteiger partial charge in [0, 0.05) is 19.1 Å². The molecule has 2 atom stereocenters. The summed E-state index contributed by atoms with van der Waals surface area (Å²) in [5.41, 5.74) is 2.43. The van der Waals surface area contributed by atoms with E-state index in [-0.39, 0.29) is 6.10 Å². The number of benzene rings is 1. The van der Waals surface area contributed by atoms with Crippen molar-refractivity contribution in [1.82, 2.24) is 0 Å². The van der Waals surface area contributed by atoms with Gasteiger partial charge in [-0.05, 0) is 18.6 Å². The Bertz CT molecular complexity index is 353. The zero-order valence-corrected chi connectivity index (χ0v) is 7.98. The first-order valence-electron chi connectivity index (χ1n) is 5.12. The smallest absolute Gasteiger partial charge is 0.0735 e. The van der Waals surface area contributed by atoms with Crippen LogP contribution in [0.5, 0.6) is 0 Å². The Balaban J connectivity index is 2.01. The highest BCUT2D eigenvalue weighted by molar-refractivity contribution is 5.73. The summed E-state index contributed by atoms with van der Waals surface area (Å²) in [5, 5.41) is 13.0. The second kappa shape index (κ2) is 2.89. The molecule has 3 heteroatoms. The molecule has 0 saturated carbocycles. The summed E-state index contributed by atoms with van der Waals surface area (Å²) in [5.74, 6) is 0. The lowest BCUT2D eigenvalue weighted by Crippen LogP contribution is -2.39. The first kappa shape index (κ1) is 8.12. The predicted molar refractivity (Wildman–Crippen MR) is 56.7 cm³/mol. The Morgan fingerprint density at radius 1 is 1.36 bits per heavy atom. The van der Waals surface area contributed by atoms with E-state index in [4.69, 9.17) is 0 Å². The molecule has 1 aromatic carbocycles. The highest BCUT2D eigenvalue weighted by atomic mass is 16.3. The summed E-state index contributed by atoms with van der Waals surface area (Å²) < 4.78 is 0. The van der Waals surface area contributed by atoms with Crippen LogP contribution in [0.15, 0.2) is 24.3 Å². The van der Waals surface area contributed by atoms with Crippen molar-refractivity contribution in [2.75, 3.05) is 23.3 Å². The fourth-order valence-electron chi connectivity index (χ4n) is 2.48. The fraction of sp³-hybridized carbons (Fsp3) is 0.455. The average molecular weight is 190 g/mol. The maximum absolute atomic E-state index is 9.62. The molecular formula is C11H14N2O.